The van der Waals surface area contributed by atoms with E-state index in [0.29, 0.717) is 11.8 Å². The van der Waals surface area contributed by atoms with E-state index in [-0.39, 0.29) is 11.9 Å². The topological polar surface area (TPSA) is 43.8 Å². The summed E-state index contributed by atoms with van der Waals surface area (Å²) < 4.78 is 15.6. The molecule has 1 aromatic heterocycles. The summed E-state index contributed by atoms with van der Waals surface area (Å²) >= 11 is 0. The molecule has 2 N–H and O–H groups in total. The van der Waals surface area contributed by atoms with E-state index in [1.165, 1.54) is 6.07 Å². The highest BCUT2D eigenvalue weighted by atomic mass is 19.1. The smallest absolute Gasteiger partial charge is 0.131 e. The summed E-state index contributed by atoms with van der Waals surface area (Å²) in [6, 6.07) is 12.4. The maximum Gasteiger partial charge on any atom is 0.131 e. The Hall–Kier alpha value is -2.20. The van der Waals surface area contributed by atoms with Gasteiger partial charge in [-0.15, -0.1) is 0 Å². The molecule has 0 amide bonds. The van der Waals surface area contributed by atoms with Gasteiger partial charge in [-0.25, -0.2) is 4.39 Å². The van der Waals surface area contributed by atoms with Gasteiger partial charge in [0.15, 0.2) is 0 Å². The number of halogens is 1. The monoisotopic (exact) mass is 269 g/mol. The number of hydrogen-bond donors (Lipinski definition) is 1. The van der Waals surface area contributed by atoms with Crippen molar-refractivity contribution in [3.05, 3.63) is 65.7 Å². The molecule has 4 heteroatoms. The fraction of sp³-hybridized carbons (Fsp3) is 0.188. The second kappa shape index (κ2) is 5.06. The van der Waals surface area contributed by atoms with Crippen molar-refractivity contribution in [2.45, 2.75) is 12.5 Å². The Balaban J connectivity index is 1.99. The molecule has 0 saturated heterocycles. The molecule has 0 aliphatic rings. The fourth-order valence-corrected chi connectivity index (χ4v) is 2.52. The first-order valence-corrected chi connectivity index (χ1v) is 6.56. The van der Waals surface area contributed by atoms with Crippen LogP contribution in [0.15, 0.2) is 48.7 Å². The van der Waals surface area contributed by atoms with E-state index in [9.17, 15) is 4.39 Å². The Morgan fingerprint density at radius 3 is 2.60 bits per heavy atom. The molecule has 3 rings (SSSR count). The summed E-state index contributed by atoms with van der Waals surface area (Å²) in [5.41, 5.74) is 8.17. The highest BCUT2D eigenvalue weighted by molar-refractivity contribution is 5.86. The Kier molecular flexibility index (Phi) is 3.24. The summed E-state index contributed by atoms with van der Waals surface area (Å²) in [5, 5.41) is 5.82. The quantitative estimate of drug-likeness (QED) is 0.794. The van der Waals surface area contributed by atoms with Crippen LogP contribution in [0.4, 0.5) is 4.39 Å². The minimum Gasteiger partial charge on any atom is -0.324 e. The van der Waals surface area contributed by atoms with Crippen LogP contribution in [0.1, 0.15) is 17.3 Å². The largest absolute Gasteiger partial charge is 0.324 e. The number of hydrogen-bond acceptors (Lipinski definition) is 2. The average Bonchev–Trinajstić information content (AvgIpc) is 2.84. The van der Waals surface area contributed by atoms with Crippen LogP contribution in [-0.4, -0.2) is 9.78 Å². The lowest BCUT2D eigenvalue weighted by molar-refractivity contribution is 0.636. The molecule has 20 heavy (non-hydrogen) atoms. The lowest BCUT2D eigenvalue weighted by atomic mass is 9.96. The molecule has 0 fully saturated rings. The molecule has 0 radical (unpaired) electrons. The van der Waals surface area contributed by atoms with Crippen molar-refractivity contribution in [2.24, 2.45) is 12.8 Å². The van der Waals surface area contributed by atoms with Crippen molar-refractivity contribution in [1.29, 1.82) is 0 Å². The number of aromatic nitrogens is 2. The number of benzene rings is 2. The normalized spacial score (nSPS) is 12.8. The molecule has 1 unspecified atom stereocenters. The average molecular weight is 269 g/mol. The standard InChI is InChI=1S/C16H16FN3/c1-20-9-8-11(19-20)10-16(18)14-6-7-15(17)13-5-3-2-4-12(13)14/h2-9,16H,10,18H2,1H3. The zero-order valence-electron chi connectivity index (χ0n) is 11.3. The van der Waals surface area contributed by atoms with Gasteiger partial charge in [0.2, 0.25) is 0 Å². The number of rotatable bonds is 3. The molecular formula is C16H16FN3. The van der Waals surface area contributed by atoms with Crippen LogP contribution in [0.3, 0.4) is 0 Å². The van der Waals surface area contributed by atoms with Crippen LogP contribution >= 0.6 is 0 Å². The van der Waals surface area contributed by atoms with Crippen molar-refractivity contribution < 1.29 is 4.39 Å². The highest BCUT2D eigenvalue weighted by Crippen LogP contribution is 2.26. The Morgan fingerprint density at radius 2 is 1.90 bits per heavy atom. The van der Waals surface area contributed by atoms with E-state index >= 15 is 0 Å². The van der Waals surface area contributed by atoms with Crippen LogP contribution in [0.5, 0.6) is 0 Å². The lowest BCUT2D eigenvalue weighted by Gasteiger charge is -2.14. The zero-order chi connectivity index (χ0) is 14.1. The maximum atomic E-state index is 13.8. The predicted octanol–water partition coefficient (Wildman–Crippen LogP) is 2.95. The van der Waals surface area contributed by atoms with Crippen LogP contribution in [0, 0.1) is 5.82 Å². The fourth-order valence-electron chi connectivity index (χ4n) is 2.52. The molecule has 2 aromatic carbocycles. The van der Waals surface area contributed by atoms with Crippen LogP contribution in [0.25, 0.3) is 10.8 Å². The summed E-state index contributed by atoms with van der Waals surface area (Å²) in [7, 11) is 1.88. The van der Waals surface area contributed by atoms with Crippen molar-refractivity contribution in [3.63, 3.8) is 0 Å². The van der Waals surface area contributed by atoms with Crippen molar-refractivity contribution >= 4 is 10.8 Å². The molecule has 0 saturated carbocycles. The van der Waals surface area contributed by atoms with Crippen LogP contribution < -0.4 is 5.73 Å². The first-order chi connectivity index (χ1) is 9.65. The SMILES string of the molecule is Cn1ccc(CC(N)c2ccc(F)c3ccccc23)n1. The van der Waals surface area contributed by atoms with Crippen LogP contribution in [-0.2, 0) is 13.5 Å². The van der Waals surface area contributed by atoms with Gasteiger partial charge >= 0.3 is 0 Å². The van der Waals surface area contributed by atoms with Crippen molar-refractivity contribution in [3.8, 4) is 0 Å². The third-order valence-corrected chi connectivity index (χ3v) is 3.50. The molecule has 1 atom stereocenters. The number of nitrogens with zero attached hydrogens (tertiary/aromatic N) is 2. The van der Waals surface area contributed by atoms with Gasteiger partial charge in [-0.1, -0.05) is 30.3 Å². The third-order valence-electron chi connectivity index (χ3n) is 3.50. The van der Waals surface area contributed by atoms with Crippen LogP contribution in [0.2, 0.25) is 0 Å². The van der Waals surface area contributed by atoms with Crippen molar-refractivity contribution in [2.75, 3.05) is 0 Å². The van der Waals surface area contributed by atoms with Gasteiger partial charge < -0.3 is 5.73 Å². The minimum absolute atomic E-state index is 0.199. The molecule has 3 nitrogen and oxygen atoms in total. The summed E-state index contributed by atoms with van der Waals surface area (Å²) in [6.45, 7) is 0. The maximum absolute atomic E-state index is 13.8. The van der Waals surface area contributed by atoms with Crippen molar-refractivity contribution in [1.82, 2.24) is 9.78 Å². The Bertz CT molecular complexity index is 748. The van der Waals surface area contributed by atoms with Gasteiger partial charge in [-0.2, -0.15) is 5.10 Å². The molecule has 102 valence electrons. The van der Waals surface area contributed by atoms with Gasteiger partial charge in [0.25, 0.3) is 0 Å². The lowest BCUT2D eigenvalue weighted by Crippen LogP contribution is -2.14. The van der Waals surface area contributed by atoms with E-state index in [2.05, 4.69) is 5.10 Å². The summed E-state index contributed by atoms with van der Waals surface area (Å²) in [5.74, 6) is -0.214. The van der Waals surface area contributed by atoms with E-state index in [1.807, 2.05) is 37.5 Å². The van der Waals surface area contributed by atoms with Gasteiger partial charge in [-0.3, -0.25) is 4.68 Å². The third kappa shape index (κ3) is 2.30. The molecule has 0 aliphatic carbocycles. The molecule has 0 aliphatic heterocycles. The molecule has 0 bridgehead atoms. The number of aryl methyl sites for hydroxylation is 1. The van der Waals surface area contributed by atoms with Gasteiger partial charge in [0.05, 0.1) is 5.69 Å². The number of nitrogens with two attached hydrogens (primary N) is 1. The van der Waals surface area contributed by atoms with E-state index in [4.69, 9.17) is 5.73 Å². The van der Waals surface area contributed by atoms with Gasteiger partial charge in [-0.05, 0) is 23.1 Å². The number of fused-ring (bicyclic) bond motifs is 1. The molecule has 3 aromatic rings. The summed E-state index contributed by atoms with van der Waals surface area (Å²) in [6.07, 6.45) is 2.53. The zero-order valence-corrected chi connectivity index (χ0v) is 11.3. The molecule has 0 spiro atoms. The molecular weight excluding hydrogens is 253 g/mol. The van der Waals surface area contributed by atoms with E-state index in [0.717, 1.165) is 16.6 Å². The predicted molar refractivity (Wildman–Crippen MR) is 77.7 cm³/mol. The van der Waals surface area contributed by atoms with Gasteiger partial charge in [0.1, 0.15) is 5.82 Å². The van der Waals surface area contributed by atoms with E-state index < -0.39 is 0 Å². The molecule has 1 heterocycles. The Morgan fingerprint density at radius 1 is 1.15 bits per heavy atom. The van der Waals surface area contributed by atoms with Gasteiger partial charge in [0, 0.05) is 31.1 Å². The Labute approximate surface area is 116 Å². The summed E-state index contributed by atoms with van der Waals surface area (Å²) in [4.78, 5) is 0. The minimum atomic E-state index is -0.214. The first-order valence-electron chi connectivity index (χ1n) is 6.56. The second-order valence-corrected chi connectivity index (χ2v) is 4.97. The highest BCUT2D eigenvalue weighted by Gasteiger charge is 2.13. The van der Waals surface area contributed by atoms with E-state index in [1.54, 1.807) is 16.8 Å². The first kappa shape index (κ1) is 12.8. The second-order valence-electron chi connectivity index (χ2n) is 4.97.